The highest BCUT2D eigenvalue weighted by Gasteiger charge is 2.47. The summed E-state index contributed by atoms with van der Waals surface area (Å²) in [7, 11) is 3.38. The van der Waals surface area contributed by atoms with Gasteiger partial charge in [0.15, 0.2) is 12.6 Å². The van der Waals surface area contributed by atoms with Crippen LogP contribution in [0.25, 0.3) is 0 Å². The van der Waals surface area contributed by atoms with Gasteiger partial charge in [-0.1, -0.05) is 27.7 Å². The lowest BCUT2D eigenvalue weighted by atomic mass is 9.86. The highest BCUT2D eigenvalue weighted by atomic mass is 16.7. The number of hydrogen-bond acceptors (Lipinski definition) is 6. The molecule has 136 valence electrons. The topological polar surface area (TPSA) is 55.4 Å². The second-order valence-corrected chi connectivity index (χ2v) is 8.25. The molecule has 2 saturated heterocycles. The van der Waals surface area contributed by atoms with Crippen molar-refractivity contribution >= 4 is 0 Å². The van der Waals surface area contributed by atoms with Crippen molar-refractivity contribution in [2.45, 2.75) is 40.3 Å². The van der Waals surface area contributed by atoms with Crippen molar-refractivity contribution in [1.29, 1.82) is 0 Å². The maximum absolute atomic E-state index is 5.97. The molecule has 6 nitrogen and oxygen atoms in total. The van der Waals surface area contributed by atoms with Crippen LogP contribution in [0.5, 0.6) is 0 Å². The maximum atomic E-state index is 5.97. The quantitative estimate of drug-likeness (QED) is 0.742. The Morgan fingerprint density at radius 1 is 0.739 bits per heavy atom. The lowest BCUT2D eigenvalue weighted by molar-refractivity contribution is -0.337. The number of hydrogen-bond donors (Lipinski definition) is 0. The molecule has 0 aromatic rings. The molecule has 2 rings (SSSR count). The van der Waals surface area contributed by atoms with Gasteiger partial charge in [0.1, 0.15) is 0 Å². The van der Waals surface area contributed by atoms with Crippen LogP contribution in [0.4, 0.5) is 0 Å². The van der Waals surface area contributed by atoms with Gasteiger partial charge in [-0.3, -0.25) is 0 Å². The molecule has 23 heavy (non-hydrogen) atoms. The summed E-state index contributed by atoms with van der Waals surface area (Å²) in [6.45, 7) is 11.8. The lowest BCUT2D eigenvalue weighted by Crippen LogP contribution is -2.57. The average Bonchev–Trinajstić information content (AvgIpc) is 2.48. The normalized spacial score (nSPS) is 33.1. The van der Waals surface area contributed by atoms with Crippen LogP contribution in [-0.2, 0) is 28.4 Å². The van der Waals surface area contributed by atoms with Crippen LogP contribution < -0.4 is 0 Å². The summed E-state index contributed by atoms with van der Waals surface area (Å²) < 4.78 is 34.4. The van der Waals surface area contributed by atoms with Crippen molar-refractivity contribution in [1.82, 2.24) is 0 Å². The zero-order valence-corrected chi connectivity index (χ0v) is 15.3. The maximum Gasteiger partial charge on any atom is 0.164 e. The van der Waals surface area contributed by atoms with E-state index in [0.29, 0.717) is 39.6 Å². The van der Waals surface area contributed by atoms with Crippen LogP contribution in [0.2, 0.25) is 0 Å². The van der Waals surface area contributed by atoms with E-state index in [1.807, 2.05) is 0 Å². The third-order valence-corrected chi connectivity index (χ3v) is 4.47. The van der Waals surface area contributed by atoms with Gasteiger partial charge in [0.25, 0.3) is 0 Å². The van der Waals surface area contributed by atoms with Crippen LogP contribution in [0.1, 0.15) is 27.7 Å². The molecule has 0 bridgehead atoms. The summed E-state index contributed by atoms with van der Waals surface area (Å²) in [6, 6.07) is 0. The zero-order chi connectivity index (χ0) is 17.1. The Balaban J connectivity index is 1.86. The molecule has 0 aromatic heterocycles. The fourth-order valence-corrected chi connectivity index (χ4v) is 3.14. The van der Waals surface area contributed by atoms with Gasteiger partial charge in [-0.2, -0.15) is 0 Å². The molecule has 0 unspecified atom stereocenters. The van der Waals surface area contributed by atoms with E-state index in [1.165, 1.54) is 0 Å². The highest BCUT2D eigenvalue weighted by molar-refractivity contribution is 4.88. The molecule has 0 N–H and O–H groups in total. The molecule has 0 radical (unpaired) electrons. The van der Waals surface area contributed by atoms with Crippen LogP contribution in [-0.4, -0.2) is 66.4 Å². The molecule has 2 aliphatic rings. The monoisotopic (exact) mass is 332 g/mol. The van der Waals surface area contributed by atoms with E-state index in [0.717, 1.165) is 0 Å². The fraction of sp³-hybridized carbons (Fsp3) is 1.00. The fourth-order valence-electron chi connectivity index (χ4n) is 3.14. The van der Waals surface area contributed by atoms with E-state index >= 15 is 0 Å². The molecule has 0 atom stereocenters. The summed E-state index contributed by atoms with van der Waals surface area (Å²) in [5.74, 6) is 0. The molecule has 2 aliphatic heterocycles. The van der Waals surface area contributed by atoms with Crippen LogP contribution in [0, 0.1) is 16.2 Å². The lowest BCUT2D eigenvalue weighted by Gasteiger charge is -2.48. The van der Waals surface area contributed by atoms with E-state index in [-0.39, 0.29) is 28.8 Å². The Hall–Kier alpha value is -0.240. The van der Waals surface area contributed by atoms with Crippen molar-refractivity contribution in [2.24, 2.45) is 16.2 Å². The minimum absolute atomic E-state index is 0.185. The zero-order valence-electron chi connectivity index (χ0n) is 15.3. The number of methoxy groups -OCH3 is 2. The molecule has 2 fully saturated rings. The number of rotatable bonds is 6. The third kappa shape index (κ3) is 4.44. The van der Waals surface area contributed by atoms with E-state index in [4.69, 9.17) is 28.4 Å². The predicted octanol–water partition coefficient (Wildman–Crippen LogP) is 2.06. The largest absolute Gasteiger partial charge is 0.384 e. The Kier molecular flexibility index (Phi) is 6.09. The first-order chi connectivity index (χ1) is 10.7. The molecule has 6 heteroatoms. The second-order valence-electron chi connectivity index (χ2n) is 8.25. The van der Waals surface area contributed by atoms with Crippen molar-refractivity contribution in [3.8, 4) is 0 Å². The highest BCUT2D eigenvalue weighted by Crippen LogP contribution is 2.38. The van der Waals surface area contributed by atoms with Gasteiger partial charge >= 0.3 is 0 Å². The molecule has 1 spiro atoms. The Morgan fingerprint density at radius 3 is 1.30 bits per heavy atom. The van der Waals surface area contributed by atoms with Gasteiger partial charge < -0.3 is 28.4 Å². The predicted molar refractivity (Wildman–Crippen MR) is 85.1 cm³/mol. The summed E-state index contributed by atoms with van der Waals surface area (Å²) in [5.41, 5.74) is -0.592. The molecule has 2 heterocycles. The summed E-state index contributed by atoms with van der Waals surface area (Å²) in [4.78, 5) is 0. The third-order valence-electron chi connectivity index (χ3n) is 4.47. The summed E-state index contributed by atoms with van der Waals surface area (Å²) in [5, 5.41) is 0. The van der Waals surface area contributed by atoms with Crippen LogP contribution >= 0.6 is 0 Å². The smallest absolute Gasteiger partial charge is 0.164 e. The first-order valence-corrected chi connectivity index (χ1v) is 8.19. The Morgan fingerprint density at radius 2 is 1.04 bits per heavy atom. The van der Waals surface area contributed by atoms with Gasteiger partial charge in [-0.05, 0) is 0 Å². The van der Waals surface area contributed by atoms with Gasteiger partial charge in [0.05, 0.1) is 45.1 Å². The van der Waals surface area contributed by atoms with Crippen molar-refractivity contribution < 1.29 is 28.4 Å². The first kappa shape index (κ1) is 19.1. The number of ether oxygens (including phenoxy) is 6. The van der Waals surface area contributed by atoms with E-state index in [2.05, 4.69) is 27.7 Å². The van der Waals surface area contributed by atoms with E-state index < -0.39 is 0 Å². The molecule has 0 aromatic carbocycles. The summed E-state index contributed by atoms with van der Waals surface area (Å²) in [6.07, 6.45) is -0.536. The van der Waals surface area contributed by atoms with Gasteiger partial charge in [0, 0.05) is 25.0 Å². The molecule has 0 aliphatic carbocycles. The van der Waals surface area contributed by atoms with Crippen molar-refractivity contribution in [3.05, 3.63) is 0 Å². The van der Waals surface area contributed by atoms with Gasteiger partial charge in [-0.25, -0.2) is 0 Å². The molecular formula is C17H32O6. The van der Waals surface area contributed by atoms with Crippen LogP contribution in [0.15, 0.2) is 0 Å². The SMILES string of the molecule is COCC(C)(C)C1OCC2(CO1)COC(C(C)(C)COC)OC2. The Bertz CT molecular complexity index is 326. The summed E-state index contributed by atoms with van der Waals surface area (Å²) >= 11 is 0. The minimum Gasteiger partial charge on any atom is -0.384 e. The molecule has 0 amide bonds. The van der Waals surface area contributed by atoms with E-state index in [9.17, 15) is 0 Å². The van der Waals surface area contributed by atoms with Crippen molar-refractivity contribution in [2.75, 3.05) is 53.9 Å². The molecular weight excluding hydrogens is 300 g/mol. The van der Waals surface area contributed by atoms with Gasteiger partial charge in [0.2, 0.25) is 0 Å². The molecule has 0 saturated carbocycles. The second kappa shape index (κ2) is 7.33. The minimum atomic E-state index is -0.268. The average molecular weight is 332 g/mol. The van der Waals surface area contributed by atoms with Gasteiger partial charge in [-0.15, -0.1) is 0 Å². The first-order valence-electron chi connectivity index (χ1n) is 8.19. The van der Waals surface area contributed by atoms with E-state index in [1.54, 1.807) is 14.2 Å². The standard InChI is InChI=1S/C17H32O6/c1-15(2,7-18-5)13-20-9-17(10-21-13)11-22-14(23-12-17)16(3,4)8-19-6/h13-14H,7-12H2,1-6H3. The van der Waals surface area contributed by atoms with Crippen molar-refractivity contribution in [3.63, 3.8) is 0 Å². The van der Waals surface area contributed by atoms with Crippen LogP contribution in [0.3, 0.4) is 0 Å². The Labute approximate surface area is 139 Å².